The van der Waals surface area contributed by atoms with E-state index in [2.05, 4.69) is 15.2 Å². The number of nitrogens with one attached hydrogen (secondary N) is 2. The van der Waals surface area contributed by atoms with Crippen molar-refractivity contribution in [2.24, 2.45) is 10.2 Å². The molecule has 0 saturated carbocycles. The quantitative estimate of drug-likeness (QED) is 0.609. The van der Waals surface area contributed by atoms with E-state index in [0.29, 0.717) is 0 Å². The largest absolute Gasteiger partial charge is 0.478 e. The summed E-state index contributed by atoms with van der Waals surface area (Å²) >= 11 is 0. The first kappa shape index (κ1) is 13.2. The highest BCUT2D eigenvalue weighted by Crippen LogP contribution is 2.22. The predicted molar refractivity (Wildman–Crippen MR) is 69.7 cm³/mol. The van der Waals surface area contributed by atoms with E-state index in [-0.39, 0.29) is 22.8 Å². The Bertz CT molecular complexity index is 805. The highest BCUT2D eigenvalue weighted by Gasteiger charge is 2.09. The number of benzene rings is 1. The Balaban J connectivity index is 2.48. The molecule has 0 bridgehead atoms. The molecule has 5 N–H and O–H groups in total. The van der Waals surface area contributed by atoms with Crippen LogP contribution in [0, 0.1) is 0 Å². The van der Waals surface area contributed by atoms with Crippen molar-refractivity contribution in [2.75, 3.05) is 5.73 Å². The number of nitrogens with zero attached hydrogens (tertiary/aromatic N) is 2. The van der Waals surface area contributed by atoms with Crippen LogP contribution in [0.5, 0.6) is 0 Å². The summed E-state index contributed by atoms with van der Waals surface area (Å²) in [5, 5.41) is 16.3. The molecule has 2 aromatic rings. The third kappa shape index (κ3) is 2.61. The summed E-state index contributed by atoms with van der Waals surface area (Å²) in [6.45, 7) is 0. The van der Waals surface area contributed by atoms with Gasteiger partial charge in [0.25, 0.3) is 5.56 Å². The third-order valence-electron chi connectivity index (χ3n) is 2.35. The maximum atomic E-state index is 11.3. The molecule has 1 aromatic heterocycles. The number of hydrogen-bond donors (Lipinski definition) is 4. The van der Waals surface area contributed by atoms with E-state index < -0.39 is 17.2 Å². The standard InChI is InChI=1S/C11H9N5O4/c12-7-8(13-11(20)14-9(7)17)16-15-6-4-2-1-3-5(6)10(18)19/h1-4H,12H2,(H,18,19)(H2,13,14,17,20). The van der Waals surface area contributed by atoms with Gasteiger partial charge in [0, 0.05) is 0 Å². The molecule has 1 aromatic carbocycles. The normalized spacial score (nSPS) is 10.8. The number of hydrogen-bond acceptors (Lipinski definition) is 6. The van der Waals surface area contributed by atoms with Crippen LogP contribution in [0.3, 0.4) is 0 Å². The zero-order valence-electron chi connectivity index (χ0n) is 9.95. The maximum Gasteiger partial charge on any atom is 0.337 e. The molecule has 0 aliphatic carbocycles. The van der Waals surface area contributed by atoms with Crippen molar-refractivity contribution < 1.29 is 9.90 Å². The minimum atomic E-state index is -1.17. The first-order valence-electron chi connectivity index (χ1n) is 5.35. The van der Waals surface area contributed by atoms with Crippen LogP contribution in [0.25, 0.3) is 0 Å². The van der Waals surface area contributed by atoms with Gasteiger partial charge >= 0.3 is 11.7 Å². The molecule has 0 aliphatic rings. The molecule has 1 heterocycles. The van der Waals surface area contributed by atoms with Crippen molar-refractivity contribution in [1.82, 2.24) is 9.97 Å². The van der Waals surface area contributed by atoms with Gasteiger partial charge in [0.2, 0.25) is 0 Å². The van der Waals surface area contributed by atoms with Gasteiger partial charge in [-0.1, -0.05) is 12.1 Å². The molecule has 0 spiro atoms. The van der Waals surface area contributed by atoms with E-state index in [1.165, 1.54) is 18.2 Å². The van der Waals surface area contributed by atoms with E-state index in [4.69, 9.17) is 10.8 Å². The van der Waals surface area contributed by atoms with Crippen LogP contribution in [-0.4, -0.2) is 21.0 Å². The number of rotatable bonds is 3. The number of aromatic amines is 2. The monoisotopic (exact) mass is 275 g/mol. The highest BCUT2D eigenvalue weighted by molar-refractivity contribution is 5.93. The number of H-pyrrole nitrogens is 2. The fourth-order valence-corrected chi connectivity index (χ4v) is 1.41. The Hall–Kier alpha value is -3.23. The van der Waals surface area contributed by atoms with Gasteiger partial charge in [-0.05, 0) is 12.1 Å². The van der Waals surface area contributed by atoms with Crippen molar-refractivity contribution in [3.8, 4) is 0 Å². The van der Waals surface area contributed by atoms with Crippen LogP contribution in [0.15, 0.2) is 44.1 Å². The lowest BCUT2D eigenvalue weighted by atomic mass is 10.2. The molecule has 0 amide bonds. The van der Waals surface area contributed by atoms with E-state index in [1.54, 1.807) is 6.07 Å². The van der Waals surface area contributed by atoms with E-state index >= 15 is 0 Å². The number of carboxylic acid groups (broad SMARTS) is 1. The predicted octanol–water partition coefficient (Wildman–Crippen LogP) is 0.759. The van der Waals surface area contributed by atoms with Crippen LogP contribution >= 0.6 is 0 Å². The van der Waals surface area contributed by atoms with Crippen molar-refractivity contribution in [3.05, 3.63) is 50.7 Å². The van der Waals surface area contributed by atoms with Gasteiger partial charge in [-0.15, -0.1) is 10.2 Å². The molecule has 0 fully saturated rings. The highest BCUT2D eigenvalue weighted by atomic mass is 16.4. The molecular weight excluding hydrogens is 266 g/mol. The second kappa shape index (κ2) is 5.18. The summed E-state index contributed by atoms with van der Waals surface area (Å²) in [6, 6.07) is 5.88. The Morgan fingerprint density at radius 2 is 1.85 bits per heavy atom. The molecule has 2 rings (SSSR count). The summed E-state index contributed by atoms with van der Waals surface area (Å²) in [5.74, 6) is -1.41. The lowest BCUT2D eigenvalue weighted by molar-refractivity contribution is 0.0698. The van der Waals surface area contributed by atoms with Crippen LogP contribution in [0.4, 0.5) is 17.2 Å². The van der Waals surface area contributed by atoms with Crippen molar-refractivity contribution in [2.45, 2.75) is 0 Å². The van der Waals surface area contributed by atoms with Crippen LogP contribution in [0.2, 0.25) is 0 Å². The van der Waals surface area contributed by atoms with Gasteiger partial charge in [-0.2, -0.15) is 0 Å². The van der Waals surface area contributed by atoms with Gasteiger partial charge in [-0.25, -0.2) is 9.59 Å². The number of nitrogen functional groups attached to an aromatic ring is 1. The van der Waals surface area contributed by atoms with Crippen LogP contribution in [-0.2, 0) is 0 Å². The summed E-state index contributed by atoms with van der Waals surface area (Å²) in [6.07, 6.45) is 0. The second-order valence-corrected chi connectivity index (χ2v) is 3.69. The summed E-state index contributed by atoms with van der Waals surface area (Å²) in [7, 11) is 0. The van der Waals surface area contributed by atoms with Crippen molar-refractivity contribution >= 4 is 23.2 Å². The number of nitrogens with two attached hydrogens (primary N) is 1. The number of anilines is 1. The number of carboxylic acids is 1. The summed E-state index contributed by atoms with van der Waals surface area (Å²) in [4.78, 5) is 37.4. The molecule has 0 atom stereocenters. The van der Waals surface area contributed by atoms with Gasteiger partial charge in [0.05, 0.1) is 5.56 Å². The van der Waals surface area contributed by atoms with Crippen molar-refractivity contribution in [1.29, 1.82) is 0 Å². The lowest BCUT2D eigenvalue weighted by Gasteiger charge is -1.99. The first-order chi connectivity index (χ1) is 9.49. The molecule has 9 nitrogen and oxygen atoms in total. The van der Waals surface area contributed by atoms with E-state index in [1.807, 2.05) is 4.98 Å². The average Bonchev–Trinajstić information content (AvgIpc) is 2.41. The van der Waals surface area contributed by atoms with Gasteiger partial charge in [-0.3, -0.25) is 14.8 Å². The molecule has 0 aliphatic heterocycles. The van der Waals surface area contributed by atoms with E-state index in [0.717, 1.165) is 0 Å². The van der Waals surface area contributed by atoms with E-state index in [9.17, 15) is 14.4 Å². The minimum absolute atomic E-state index is 0.0676. The Kier molecular flexibility index (Phi) is 3.42. The van der Waals surface area contributed by atoms with Crippen LogP contribution in [0.1, 0.15) is 10.4 Å². The number of aromatic carboxylic acids is 1. The zero-order valence-corrected chi connectivity index (χ0v) is 9.95. The van der Waals surface area contributed by atoms with Crippen molar-refractivity contribution in [3.63, 3.8) is 0 Å². The minimum Gasteiger partial charge on any atom is -0.478 e. The molecule has 0 radical (unpaired) electrons. The molecule has 0 unspecified atom stereocenters. The second-order valence-electron chi connectivity index (χ2n) is 3.69. The summed E-state index contributed by atoms with van der Waals surface area (Å²) in [5.41, 5.74) is 3.53. The number of azo groups is 1. The number of aromatic nitrogens is 2. The SMILES string of the molecule is Nc1c(N=Nc2ccccc2C(=O)O)[nH]c(=O)[nH]c1=O. The van der Waals surface area contributed by atoms with Gasteiger partial charge < -0.3 is 10.8 Å². The molecule has 0 saturated heterocycles. The lowest BCUT2D eigenvalue weighted by Crippen LogP contribution is -2.24. The smallest absolute Gasteiger partial charge is 0.337 e. The molecule has 20 heavy (non-hydrogen) atoms. The maximum absolute atomic E-state index is 11.3. The number of carbonyl (C=O) groups is 1. The fourth-order valence-electron chi connectivity index (χ4n) is 1.41. The Morgan fingerprint density at radius 3 is 2.55 bits per heavy atom. The molecular formula is C11H9N5O4. The van der Waals surface area contributed by atoms with Gasteiger partial charge in [0.1, 0.15) is 11.4 Å². The zero-order chi connectivity index (χ0) is 14.7. The average molecular weight is 275 g/mol. The molecule has 102 valence electrons. The first-order valence-corrected chi connectivity index (χ1v) is 5.35. The van der Waals surface area contributed by atoms with Crippen LogP contribution < -0.4 is 17.0 Å². The topological polar surface area (TPSA) is 154 Å². The fraction of sp³-hybridized carbons (Fsp3) is 0. The Morgan fingerprint density at radius 1 is 1.15 bits per heavy atom. The summed E-state index contributed by atoms with van der Waals surface area (Å²) < 4.78 is 0. The van der Waals surface area contributed by atoms with Gasteiger partial charge in [0.15, 0.2) is 5.82 Å². The third-order valence-corrected chi connectivity index (χ3v) is 2.35. The molecule has 9 heteroatoms. The Labute approximate surface area is 110 Å².